The van der Waals surface area contributed by atoms with E-state index in [9.17, 15) is 0 Å². The molecule has 3 aromatic rings. The van der Waals surface area contributed by atoms with Crippen LogP contribution < -0.4 is 0 Å². The van der Waals surface area contributed by atoms with Gasteiger partial charge in [0.1, 0.15) is 5.52 Å². The van der Waals surface area contributed by atoms with E-state index in [1.807, 2.05) is 36.3 Å². The van der Waals surface area contributed by atoms with Crippen molar-refractivity contribution >= 4 is 37.9 Å². The lowest BCUT2D eigenvalue weighted by Gasteiger charge is -2.01. The van der Waals surface area contributed by atoms with E-state index in [2.05, 4.69) is 32.0 Å². The maximum absolute atomic E-state index is 4.37. The van der Waals surface area contributed by atoms with Crippen molar-refractivity contribution < 1.29 is 0 Å². The van der Waals surface area contributed by atoms with Crippen molar-refractivity contribution in [2.24, 2.45) is 7.05 Å². The van der Waals surface area contributed by atoms with Crippen LogP contribution in [0.2, 0.25) is 0 Å². The van der Waals surface area contributed by atoms with Crippen molar-refractivity contribution in [3.05, 3.63) is 35.2 Å². The molecule has 2 heterocycles. The molecule has 0 N–H and O–H groups in total. The minimum atomic E-state index is 0.933. The van der Waals surface area contributed by atoms with Crippen molar-refractivity contribution in [1.29, 1.82) is 0 Å². The van der Waals surface area contributed by atoms with E-state index >= 15 is 0 Å². The third kappa shape index (κ3) is 1.25. The molecule has 0 aliphatic carbocycles. The summed E-state index contributed by atoms with van der Waals surface area (Å²) in [5.41, 5.74) is 3.05. The molecule has 3 nitrogen and oxygen atoms in total. The highest BCUT2D eigenvalue weighted by Crippen LogP contribution is 2.25. The first kappa shape index (κ1) is 8.85. The van der Waals surface area contributed by atoms with Gasteiger partial charge in [0.15, 0.2) is 0 Å². The van der Waals surface area contributed by atoms with E-state index in [1.165, 1.54) is 0 Å². The van der Waals surface area contributed by atoms with E-state index in [-0.39, 0.29) is 0 Å². The van der Waals surface area contributed by atoms with Gasteiger partial charge in [0.05, 0.1) is 23.6 Å². The fraction of sp³-hybridized carbons (Fsp3) is 0.0909. The number of hydrogen-bond acceptors (Lipinski definition) is 2. The molecule has 0 saturated heterocycles. The van der Waals surface area contributed by atoms with Crippen molar-refractivity contribution in [1.82, 2.24) is 14.5 Å². The molecule has 0 aliphatic heterocycles. The van der Waals surface area contributed by atoms with Crippen LogP contribution in [-0.2, 0) is 7.05 Å². The Morgan fingerprint density at radius 3 is 2.93 bits per heavy atom. The summed E-state index contributed by atoms with van der Waals surface area (Å²) in [7, 11) is 2.00. The molecule has 0 saturated carbocycles. The number of rotatable bonds is 0. The maximum Gasteiger partial charge on any atom is 0.107 e. The van der Waals surface area contributed by atoms with Gasteiger partial charge in [-0.15, -0.1) is 0 Å². The van der Waals surface area contributed by atoms with Gasteiger partial charge in [-0.25, -0.2) is 4.98 Å². The van der Waals surface area contributed by atoms with Crippen LogP contribution in [0.25, 0.3) is 21.9 Å². The Bertz CT molecular complexity index is 657. The monoisotopic (exact) mass is 261 g/mol. The Hall–Kier alpha value is -1.42. The van der Waals surface area contributed by atoms with E-state index in [0.29, 0.717) is 0 Å². The van der Waals surface area contributed by atoms with Crippen molar-refractivity contribution in [2.45, 2.75) is 0 Å². The summed E-state index contributed by atoms with van der Waals surface area (Å²) in [6, 6.07) is 6.08. The number of aromatic nitrogens is 3. The molecule has 74 valence electrons. The standard InChI is InChI=1S/C11H8BrN3/c1-15-6-14-10-5-13-9-3-2-7(12)4-8(9)11(10)15/h2-6H,1H3. The summed E-state index contributed by atoms with van der Waals surface area (Å²) in [4.78, 5) is 8.65. The topological polar surface area (TPSA) is 30.7 Å². The summed E-state index contributed by atoms with van der Waals surface area (Å²) in [5.74, 6) is 0. The van der Waals surface area contributed by atoms with Gasteiger partial charge in [0.25, 0.3) is 0 Å². The normalized spacial score (nSPS) is 11.3. The second-order valence-electron chi connectivity index (χ2n) is 3.51. The Balaban J connectivity index is 2.61. The predicted molar refractivity (Wildman–Crippen MR) is 63.7 cm³/mol. The Kier molecular flexibility index (Phi) is 1.79. The SMILES string of the molecule is Cn1cnc2cnc3ccc(Br)cc3c21. The molecule has 0 spiro atoms. The summed E-state index contributed by atoms with van der Waals surface area (Å²) in [6.45, 7) is 0. The van der Waals surface area contributed by atoms with E-state index in [0.717, 1.165) is 26.4 Å². The molecular weight excluding hydrogens is 254 g/mol. The molecule has 0 aliphatic rings. The zero-order chi connectivity index (χ0) is 10.4. The van der Waals surface area contributed by atoms with Crippen LogP contribution >= 0.6 is 15.9 Å². The maximum atomic E-state index is 4.37. The third-order valence-corrected chi connectivity index (χ3v) is 3.00. The molecule has 15 heavy (non-hydrogen) atoms. The van der Waals surface area contributed by atoms with Crippen molar-refractivity contribution in [3.8, 4) is 0 Å². The van der Waals surface area contributed by atoms with Gasteiger partial charge in [-0.1, -0.05) is 15.9 Å². The minimum absolute atomic E-state index is 0.933. The molecule has 0 atom stereocenters. The predicted octanol–water partition coefficient (Wildman–Crippen LogP) is 2.88. The Labute approximate surface area is 94.9 Å². The lowest BCUT2D eigenvalue weighted by atomic mass is 10.2. The van der Waals surface area contributed by atoms with Crippen LogP contribution in [0.5, 0.6) is 0 Å². The fourth-order valence-corrected chi connectivity index (χ4v) is 2.17. The van der Waals surface area contributed by atoms with Gasteiger partial charge in [-0.05, 0) is 18.2 Å². The van der Waals surface area contributed by atoms with Crippen LogP contribution in [-0.4, -0.2) is 14.5 Å². The molecule has 0 bridgehead atoms. The summed E-state index contributed by atoms with van der Waals surface area (Å²) >= 11 is 3.47. The van der Waals surface area contributed by atoms with Crippen LogP contribution in [0.15, 0.2) is 35.2 Å². The summed E-state index contributed by atoms with van der Waals surface area (Å²) in [5, 5.41) is 1.13. The van der Waals surface area contributed by atoms with Gasteiger partial charge < -0.3 is 4.57 Å². The zero-order valence-corrected chi connectivity index (χ0v) is 9.69. The fourth-order valence-electron chi connectivity index (χ4n) is 1.81. The van der Waals surface area contributed by atoms with Crippen molar-refractivity contribution in [2.75, 3.05) is 0 Å². The molecule has 4 heteroatoms. The number of pyridine rings is 1. The smallest absolute Gasteiger partial charge is 0.107 e. The van der Waals surface area contributed by atoms with Gasteiger partial charge in [-0.2, -0.15) is 0 Å². The van der Waals surface area contributed by atoms with E-state index in [1.54, 1.807) is 0 Å². The Morgan fingerprint density at radius 1 is 1.20 bits per heavy atom. The largest absolute Gasteiger partial charge is 0.333 e. The third-order valence-electron chi connectivity index (χ3n) is 2.50. The van der Waals surface area contributed by atoms with Gasteiger partial charge in [0.2, 0.25) is 0 Å². The van der Waals surface area contributed by atoms with Crippen LogP contribution in [0.1, 0.15) is 0 Å². The molecule has 0 amide bonds. The Morgan fingerprint density at radius 2 is 2.07 bits per heavy atom. The number of halogens is 1. The molecular formula is C11H8BrN3. The number of benzene rings is 1. The highest BCUT2D eigenvalue weighted by atomic mass is 79.9. The zero-order valence-electron chi connectivity index (χ0n) is 8.11. The number of imidazole rings is 1. The summed E-state index contributed by atoms with van der Waals surface area (Å²) in [6.07, 6.45) is 3.62. The molecule has 1 aromatic carbocycles. The first-order valence-electron chi connectivity index (χ1n) is 4.61. The lowest BCUT2D eigenvalue weighted by Crippen LogP contribution is -1.87. The number of aryl methyl sites for hydroxylation is 1. The number of fused-ring (bicyclic) bond motifs is 3. The van der Waals surface area contributed by atoms with Gasteiger partial charge in [0, 0.05) is 16.9 Å². The molecule has 0 unspecified atom stereocenters. The van der Waals surface area contributed by atoms with E-state index < -0.39 is 0 Å². The van der Waals surface area contributed by atoms with Gasteiger partial charge >= 0.3 is 0 Å². The first-order valence-corrected chi connectivity index (χ1v) is 5.40. The highest BCUT2D eigenvalue weighted by molar-refractivity contribution is 9.10. The average Bonchev–Trinajstić information content (AvgIpc) is 2.60. The quantitative estimate of drug-likeness (QED) is 0.623. The lowest BCUT2D eigenvalue weighted by molar-refractivity contribution is 0.950. The second kappa shape index (κ2) is 3.03. The minimum Gasteiger partial charge on any atom is -0.333 e. The highest BCUT2D eigenvalue weighted by Gasteiger charge is 2.06. The average molecular weight is 262 g/mol. The molecule has 3 rings (SSSR count). The van der Waals surface area contributed by atoms with Gasteiger partial charge in [-0.3, -0.25) is 4.98 Å². The number of nitrogens with zero attached hydrogens (tertiary/aromatic N) is 3. The van der Waals surface area contributed by atoms with Crippen LogP contribution in [0, 0.1) is 0 Å². The first-order chi connectivity index (χ1) is 7.25. The molecule has 0 fully saturated rings. The molecule has 2 aromatic heterocycles. The van der Waals surface area contributed by atoms with Crippen LogP contribution in [0.4, 0.5) is 0 Å². The summed E-state index contributed by atoms with van der Waals surface area (Å²) < 4.78 is 3.08. The number of hydrogen-bond donors (Lipinski definition) is 0. The van der Waals surface area contributed by atoms with Crippen molar-refractivity contribution in [3.63, 3.8) is 0 Å². The molecule has 0 radical (unpaired) electrons. The van der Waals surface area contributed by atoms with E-state index in [4.69, 9.17) is 0 Å². The van der Waals surface area contributed by atoms with Crippen LogP contribution in [0.3, 0.4) is 0 Å². The second-order valence-corrected chi connectivity index (χ2v) is 4.42.